The van der Waals surface area contributed by atoms with Crippen LogP contribution in [0.2, 0.25) is 0 Å². The average Bonchev–Trinajstić information content (AvgIpc) is 3.26. The van der Waals surface area contributed by atoms with Crippen LogP contribution in [0.15, 0.2) is 48.5 Å². The number of thiazole rings is 1. The van der Waals surface area contributed by atoms with Crippen molar-refractivity contribution < 1.29 is 9.53 Å². The maximum absolute atomic E-state index is 11.6. The van der Waals surface area contributed by atoms with Gasteiger partial charge in [0.2, 0.25) is 5.91 Å². The standard InChI is InChI=1S/C23H26N4O2S/c24-13-22(28)25-16-11-17-7-8-18(12-16)27(17)14-15-5-9-19(10-6-15)29-23-26-20-3-1-2-4-21(20)30-23/h1-6,9-10,16-18H,7-8,11-14,24H2,(H,25,28). The van der Waals surface area contributed by atoms with Gasteiger partial charge in [-0.1, -0.05) is 35.6 Å². The van der Waals surface area contributed by atoms with Gasteiger partial charge < -0.3 is 15.8 Å². The maximum atomic E-state index is 11.6. The SMILES string of the molecule is NCC(=O)NC1CC2CCC(C1)N2Cc1ccc(Oc2nc3ccccc3s2)cc1. The molecule has 5 rings (SSSR count). The molecule has 2 bridgehead atoms. The summed E-state index contributed by atoms with van der Waals surface area (Å²) in [7, 11) is 0. The van der Waals surface area contributed by atoms with Crippen molar-refractivity contribution >= 4 is 27.5 Å². The highest BCUT2D eigenvalue weighted by Gasteiger charge is 2.40. The monoisotopic (exact) mass is 422 g/mol. The molecule has 2 saturated heterocycles. The van der Waals surface area contributed by atoms with E-state index in [0.717, 1.165) is 35.4 Å². The van der Waals surface area contributed by atoms with E-state index < -0.39 is 0 Å². The minimum atomic E-state index is -0.0448. The van der Waals surface area contributed by atoms with Gasteiger partial charge in [-0.05, 0) is 55.5 Å². The first kappa shape index (κ1) is 19.5. The summed E-state index contributed by atoms with van der Waals surface area (Å²) in [4.78, 5) is 18.8. The fraction of sp³-hybridized carbons (Fsp3) is 0.391. The van der Waals surface area contributed by atoms with Crippen molar-refractivity contribution in [1.82, 2.24) is 15.2 Å². The fourth-order valence-corrected chi connectivity index (χ4v) is 5.64. The van der Waals surface area contributed by atoms with Crippen molar-refractivity contribution in [1.29, 1.82) is 0 Å². The topological polar surface area (TPSA) is 80.5 Å². The molecule has 2 aliphatic rings. The quantitative estimate of drug-likeness (QED) is 0.634. The van der Waals surface area contributed by atoms with Crippen LogP contribution >= 0.6 is 11.3 Å². The zero-order valence-electron chi connectivity index (χ0n) is 16.8. The number of piperidine rings is 1. The summed E-state index contributed by atoms with van der Waals surface area (Å²) in [6.07, 6.45) is 4.44. The first-order valence-corrected chi connectivity index (χ1v) is 11.4. The molecule has 156 valence electrons. The van der Waals surface area contributed by atoms with E-state index in [0.29, 0.717) is 17.3 Å². The maximum Gasteiger partial charge on any atom is 0.279 e. The van der Waals surface area contributed by atoms with E-state index in [4.69, 9.17) is 10.5 Å². The van der Waals surface area contributed by atoms with E-state index in [1.807, 2.05) is 30.3 Å². The third-order valence-electron chi connectivity index (χ3n) is 6.20. The fourth-order valence-electron chi connectivity index (χ4n) is 4.81. The lowest BCUT2D eigenvalue weighted by Crippen LogP contribution is -2.50. The van der Waals surface area contributed by atoms with Gasteiger partial charge in [0.05, 0.1) is 16.8 Å². The van der Waals surface area contributed by atoms with Crippen LogP contribution in [0.25, 0.3) is 10.2 Å². The molecule has 2 aromatic carbocycles. The van der Waals surface area contributed by atoms with Crippen LogP contribution in [0.4, 0.5) is 0 Å². The molecule has 2 aliphatic heterocycles. The normalized spacial score (nSPS) is 23.6. The smallest absolute Gasteiger partial charge is 0.279 e. The van der Waals surface area contributed by atoms with Gasteiger partial charge in [0.25, 0.3) is 5.19 Å². The average molecular weight is 423 g/mol. The largest absolute Gasteiger partial charge is 0.431 e. The number of hydrogen-bond donors (Lipinski definition) is 2. The molecule has 3 N–H and O–H groups in total. The molecule has 3 heterocycles. The third kappa shape index (κ3) is 4.05. The predicted molar refractivity (Wildman–Crippen MR) is 119 cm³/mol. The van der Waals surface area contributed by atoms with Gasteiger partial charge in [-0.2, -0.15) is 0 Å². The van der Waals surface area contributed by atoms with Gasteiger partial charge in [-0.25, -0.2) is 4.98 Å². The van der Waals surface area contributed by atoms with E-state index in [9.17, 15) is 4.79 Å². The highest BCUT2D eigenvalue weighted by molar-refractivity contribution is 7.20. The number of nitrogens with zero attached hydrogens (tertiary/aromatic N) is 2. The van der Waals surface area contributed by atoms with Crippen LogP contribution in [0.5, 0.6) is 10.9 Å². The Morgan fingerprint density at radius 1 is 1.13 bits per heavy atom. The Morgan fingerprint density at radius 3 is 2.57 bits per heavy atom. The molecule has 0 spiro atoms. The molecule has 2 atom stereocenters. The molecule has 1 amide bonds. The number of benzene rings is 2. The molecule has 0 radical (unpaired) electrons. The number of ether oxygens (including phenoxy) is 1. The molecule has 6 nitrogen and oxygen atoms in total. The van der Waals surface area contributed by atoms with E-state index in [1.54, 1.807) is 11.3 Å². The second-order valence-electron chi connectivity index (χ2n) is 8.19. The highest BCUT2D eigenvalue weighted by atomic mass is 32.1. The Bertz CT molecular complexity index is 988. The van der Waals surface area contributed by atoms with Crippen LogP contribution in [-0.2, 0) is 11.3 Å². The third-order valence-corrected chi connectivity index (χ3v) is 7.12. The minimum absolute atomic E-state index is 0.0448. The number of nitrogens with two attached hydrogens (primary N) is 1. The summed E-state index contributed by atoms with van der Waals surface area (Å²) in [6.45, 7) is 1.01. The number of fused-ring (bicyclic) bond motifs is 3. The molecule has 0 saturated carbocycles. The molecular formula is C23H26N4O2S. The van der Waals surface area contributed by atoms with Crippen LogP contribution in [0, 0.1) is 0 Å². The Labute approximate surface area is 180 Å². The Morgan fingerprint density at radius 2 is 1.87 bits per heavy atom. The second-order valence-corrected chi connectivity index (χ2v) is 9.18. The highest BCUT2D eigenvalue weighted by Crippen LogP contribution is 2.37. The van der Waals surface area contributed by atoms with Gasteiger partial charge in [-0.3, -0.25) is 9.69 Å². The number of carbonyl (C=O) groups excluding carboxylic acids is 1. The molecule has 0 aliphatic carbocycles. The van der Waals surface area contributed by atoms with Crippen LogP contribution < -0.4 is 15.8 Å². The van der Waals surface area contributed by atoms with Gasteiger partial charge in [0, 0.05) is 24.7 Å². The molecule has 2 unspecified atom stereocenters. The zero-order chi connectivity index (χ0) is 20.5. The first-order valence-electron chi connectivity index (χ1n) is 10.6. The van der Waals surface area contributed by atoms with Gasteiger partial charge in [0.1, 0.15) is 5.75 Å². The summed E-state index contributed by atoms with van der Waals surface area (Å²) >= 11 is 1.56. The molecular weight excluding hydrogens is 396 g/mol. The summed E-state index contributed by atoms with van der Waals surface area (Å²) in [5.41, 5.74) is 7.70. The van der Waals surface area contributed by atoms with E-state index in [1.165, 1.54) is 18.4 Å². The van der Waals surface area contributed by atoms with Crippen molar-refractivity contribution in [2.75, 3.05) is 6.54 Å². The first-order chi connectivity index (χ1) is 14.7. The lowest BCUT2D eigenvalue weighted by atomic mass is 9.96. The van der Waals surface area contributed by atoms with E-state index >= 15 is 0 Å². The minimum Gasteiger partial charge on any atom is -0.431 e. The Balaban J connectivity index is 1.21. The number of aromatic nitrogens is 1. The van der Waals surface area contributed by atoms with E-state index in [2.05, 4.69) is 33.4 Å². The molecule has 3 aromatic rings. The summed E-state index contributed by atoms with van der Waals surface area (Å²) in [5.74, 6) is 0.764. The number of hydrogen-bond acceptors (Lipinski definition) is 6. The van der Waals surface area contributed by atoms with Crippen molar-refractivity contribution in [3.63, 3.8) is 0 Å². The number of nitrogens with one attached hydrogen (secondary N) is 1. The number of rotatable bonds is 6. The van der Waals surface area contributed by atoms with Gasteiger partial charge >= 0.3 is 0 Å². The van der Waals surface area contributed by atoms with Gasteiger partial charge in [0.15, 0.2) is 0 Å². The van der Waals surface area contributed by atoms with Crippen LogP contribution in [0.1, 0.15) is 31.2 Å². The molecule has 7 heteroatoms. The van der Waals surface area contributed by atoms with Crippen molar-refractivity contribution in [2.24, 2.45) is 5.73 Å². The Hall–Kier alpha value is -2.48. The number of para-hydroxylation sites is 1. The summed E-state index contributed by atoms with van der Waals surface area (Å²) < 4.78 is 7.10. The molecule has 30 heavy (non-hydrogen) atoms. The summed E-state index contributed by atoms with van der Waals surface area (Å²) in [5, 5.41) is 3.75. The summed E-state index contributed by atoms with van der Waals surface area (Å²) in [6, 6.07) is 17.7. The van der Waals surface area contributed by atoms with Crippen LogP contribution in [0.3, 0.4) is 0 Å². The number of carbonyl (C=O) groups is 1. The predicted octanol–water partition coefficient (Wildman–Crippen LogP) is 3.66. The zero-order valence-corrected chi connectivity index (χ0v) is 17.6. The van der Waals surface area contributed by atoms with E-state index in [-0.39, 0.29) is 18.5 Å². The molecule has 1 aromatic heterocycles. The second kappa shape index (κ2) is 8.34. The van der Waals surface area contributed by atoms with Crippen molar-refractivity contribution in [2.45, 2.75) is 50.4 Å². The van der Waals surface area contributed by atoms with Gasteiger partial charge in [-0.15, -0.1) is 0 Å². The van der Waals surface area contributed by atoms with Crippen LogP contribution in [-0.4, -0.2) is 40.5 Å². The number of amides is 1. The van der Waals surface area contributed by atoms with Crippen molar-refractivity contribution in [3.05, 3.63) is 54.1 Å². The Kier molecular flexibility index (Phi) is 5.41. The molecule has 2 fully saturated rings. The lowest BCUT2D eigenvalue weighted by Gasteiger charge is -2.39. The lowest BCUT2D eigenvalue weighted by molar-refractivity contribution is -0.120. The van der Waals surface area contributed by atoms with Crippen molar-refractivity contribution in [3.8, 4) is 10.9 Å².